The molecule has 0 aromatic carbocycles. The minimum Gasteiger partial charge on any atom is -0.416 e. The second-order valence-electron chi connectivity index (χ2n) is 8.45. The SMILES string of the molecule is COCC(COC)(CO[Si](C)(C)C(C)(C)C)C(C)(C)C. The van der Waals surface area contributed by atoms with Crippen molar-refractivity contribution in [1.82, 2.24) is 0 Å². The van der Waals surface area contributed by atoms with Gasteiger partial charge >= 0.3 is 0 Å². The molecule has 0 aliphatic rings. The van der Waals surface area contributed by atoms with E-state index in [0.717, 1.165) is 0 Å². The van der Waals surface area contributed by atoms with Crippen LogP contribution in [0, 0.1) is 10.8 Å². The Balaban J connectivity index is 5.18. The Morgan fingerprint density at radius 2 is 1.15 bits per heavy atom. The zero-order valence-corrected chi connectivity index (χ0v) is 16.3. The molecule has 0 atom stereocenters. The summed E-state index contributed by atoms with van der Waals surface area (Å²) in [6.45, 7) is 20.1. The number of rotatable bonds is 7. The standard InChI is InChI=1S/C16H36O3Si/c1-14(2,3)16(11-17-7,12-18-8)13-19-20(9,10)15(4,5)6/h11-13H2,1-10H3. The van der Waals surface area contributed by atoms with Gasteiger partial charge in [-0.2, -0.15) is 0 Å². The second kappa shape index (κ2) is 6.90. The molecular weight excluding hydrogens is 268 g/mol. The fraction of sp³-hybridized carbons (Fsp3) is 1.00. The molecule has 0 spiro atoms. The normalized spacial score (nSPS) is 14.7. The van der Waals surface area contributed by atoms with Crippen molar-refractivity contribution in [1.29, 1.82) is 0 Å². The minimum absolute atomic E-state index is 0.0569. The van der Waals surface area contributed by atoms with Gasteiger partial charge in [0.25, 0.3) is 0 Å². The molecule has 0 amide bonds. The highest BCUT2D eigenvalue weighted by Gasteiger charge is 2.46. The first-order valence-corrected chi connectivity index (χ1v) is 10.4. The van der Waals surface area contributed by atoms with E-state index in [9.17, 15) is 0 Å². The summed E-state index contributed by atoms with van der Waals surface area (Å²) in [6, 6.07) is 0. The summed E-state index contributed by atoms with van der Waals surface area (Å²) in [5.41, 5.74) is -0.0621. The van der Waals surface area contributed by atoms with Crippen molar-refractivity contribution in [3.8, 4) is 0 Å². The van der Waals surface area contributed by atoms with Gasteiger partial charge in [-0.15, -0.1) is 0 Å². The third kappa shape index (κ3) is 4.83. The van der Waals surface area contributed by atoms with Crippen LogP contribution in [-0.2, 0) is 13.9 Å². The topological polar surface area (TPSA) is 27.7 Å². The molecule has 122 valence electrons. The van der Waals surface area contributed by atoms with Crippen molar-refractivity contribution in [2.75, 3.05) is 34.0 Å². The third-order valence-electron chi connectivity index (χ3n) is 4.95. The summed E-state index contributed by atoms with van der Waals surface area (Å²) < 4.78 is 17.5. The molecule has 0 rings (SSSR count). The van der Waals surface area contributed by atoms with Gasteiger partial charge in [0.2, 0.25) is 0 Å². The Morgan fingerprint density at radius 1 is 0.750 bits per heavy atom. The van der Waals surface area contributed by atoms with E-state index in [1.54, 1.807) is 14.2 Å². The first kappa shape index (κ1) is 20.1. The van der Waals surface area contributed by atoms with Gasteiger partial charge in [0.15, 0.2) is 8.32 Å². The van der Waals surface area contributed by atoms with Crippen LogP contribution in [0.3, 0.4) is 0 Å². The number of hydrogen-bond donors (Lipinski definition) is 0. The molecule has 0 N–H and O–H groups in total. The molecule has 0 saturated carbocycles. The first-order valence-electron chi connectivity index (χ1n) is 7.45. The fourth-order valence-electron chi connectivity index (χ4n) is 1.86. The Bertz CT molecular complexity index is 281. The molecule has 0 radical (unpaired) electrons. The van der Waals surface area contributed by atoms with Gasteiger partial charge in [-0.05, 0) is 23.5 Å². The minimum atomic E-state index is -1.76. The van der Waals surface area contributed by atoms with E-state index in [2.05, 4.69) is 54.6 Å². The zero-order chi connectivity index (χ0) is 16.2. The molecule has 0 bridgehead atoms. The van der Waals surface area contributed by atoms with Gasteiger partial charge in [0, 0.05) is 26.2 Å². The largest absolute Gasteiger partial charge is 0.416 e. The summed E-state index contributed by atoms with van der Waals surface area (Å²) in [6.07, 6.45) is 0. The number of hydrogen-bond acceptors (Lipinski definition) is 3. The second-order valence-corrected chi connectivity index (χ2v) is 13.3. The van der Waals surface area contributed by atoms with Gasteiger partial charge in [-0.25, -0.2) is 0 Å². The zero-order valence-electron chi connectivity index (χ0n) is 15.3. The molecule has 0 aromatic rings. The number of methoxy groups -OCH3 is 2. The molecule has 3 nitrogen and oxygen atoms in total. The highest BCUT2D eigenvalue weighted by atomic mass is 28.4. The van der Waals surface area contributed by atoms with E-state index in [1.165, 1.54) is 0 Å². The van der Waals surface area contributed by atoms with Gasteiger partial charge in [0.1, 0.15) is 0 Å². The Labute approximate surface area is 127 Å². The van der Waals surface area contributed by atoms with E-state index in [0.29, 0.717) is 19.8 Å². The molecule has 0 saturated heterocycles. The molecule has 4 heteroatoms. The highest BCUT2D eigenvalue weighted by molar-refractivity contribution is 6.74. The molecular formula is C16H36O3Si. The maximum atomic E-state index is 6.47. The van der Waals surface area contributed by atoms with Crippen molar-refractivity contribution < 1.29 is 13.9 Å². The van der Waals surface area contributed by atoms with Crippen LogP contribution in [0.5, 0.6) is 0 Å². The predicted molar refractivity (Wildman–Crippen MR) is 88.8 cm³/mol. The maximum Gasteiger partial charge on any atom is 0.192 e. The Kier molecular flexibility index (Phi) is 6.94. The van der Waals surface area contributed by atoms with Gasteiger partial charge in [-0.3, -0.25) is 0 Å². The predicted octanol–water partition coefficient (Wildman–Crippen LogP) is 4.33. The van der Waals surface area contributed by atoms with Crippen molar-refractivity contribution in [2.45, 2.75) is 59.7 Å². The molecule has 0 unspecified atom stereocenters. The van der Waals surface area contributed by atoms with E-state index in [4.69, 9.17) is 13.9 Å². The third-order valence-corrected chi connectivity index (χ3v) is 9.43. The lowest BCUT2D eigenvalue weighted by atomic mass is 9.68. The van der Waals surface area contributed by atoms with Crippen LogP contribution in [0.25, 0.3) is 0 Å². The van der Waals surface area contributed by atoms with Crippen molar-refractivity contribution in [2.24, 2.45) is 10.8 Å². The van der Waals surface area contributed by atoms with Crippen LogP contribution >= 0.6 is 0 Å². The van der Waals surface area contributed by atoms with Crippen LogP contribution in [0.1, 0.15) is 41.5 Å². The van der Waals surface area contributed by atoms with E-state index >= 15 is 0 Å². The Hall–Kier alpha value is 0.0969. The number of ether oxygens (including phenoxy) is 2. The molecule has 0 aliphatic heterocycles. The summed E-state index contributed by atoms with van der Waals surface area (Å²) in [4.78, 5) is 0. The summed E-state index contributed by atoms with van der Waals surface area (Å²) in [5.74, 6) is 0. The van der Waals surface area contributed by atoms with Crippen LogP contribution in [0.15, 0.2) is 0 Å². The smallest absolute Gasteiger partial charge is 0.192 e. The summed E-state index contributed by atoms with van der Waals surface area (Å²) >= 11 is 0. The summed E-state index contributed by atoms with van der Waals surface area (Å²) in [7, 11) is 1.74. The van der Waals surface area contributed by atoms with Gasteiger partial charge < -0.3 is 13.9 Å². The Morgan fingerprint density at radius 3 is 1.40 bits per heavy atom. The van der Waals surface area contributed by atoms with Crippen LogP contribution in [0.2, 0.25) is 18.1 Å². The maximum absolute atomic E-state index is 6.47. The van der Waals surface area contributed by atoms with Crippen molar-refractivity contribution >= 4 is 8.32 Å². The van der Waals surface area contributed by atoms with E-state index < -0.39 is 8.32 Å². The van der Waals surface area contributed by atoms with Crippen LogP contribution in [0.4, 0.5) is 0 Å². The monoisotopic (exact) mass is 304 g/mol. The molecule has 0 aliphatic carbocycles. The average molecular weight is 305 g/mol. The lowest BCUT2D eigenvalue weighted by molar-refractivity contribution is -0.0875. The fourth-order valence-corrected chi connectivity index (χ4v) is 2.93. The van der Waals surface area contributed by atoms with E-state index in [1.807, 2.05) is 0 Å². The van der Waals surface area contributed by atoms with Crippen LogP contribution < -0.4 is 0 Å². The molecule has 0 aromatic heterocycles. The van der Waals surface area contributed by atoms with Crippen LogP contribution in [-0.4, -0.2) is 42.4 Å². The molecule has 20 heavy (non-hydrogen) atoms. The van der Waals surface area contributed by atoms with Gasteiger partial charge in [0.05, 0.1) is 13.2 Å². The van der Waals surface area contributed by atoms with Crippen molar-refractivity contribution in [3.63, 3.8) is 0 Å². The van der Waals surface area contributed by atoms with Gasteiger partial charge in [-0.1, -0.05) is 41.5 Å². The average Bonchev–Trinajstić information content (AvgIpc) is 2.23. The van der Waals surface area contributed by atoms with Crippen molar-refractivity contribution in [3.05, 3.63) is 0 Å². The lowest BCUT2D eigenvalue weighted by Gasteiger charge is -2.47. The highest BCUT2D eigenvalue weighted by Crippen LogP contribution is 2.43. The summed E-state index contributed by atoms with van der Waals surface area (Å²) in [5, 5.41) is 0.219. The quantitative estimate of drug-likeness (QED) is 0.655. The van der Waals surface area contributed by atoms with E-state index in [-0.39, 0.29) is 15.9 Å². The first-order chi connectivity index (χ1) is 8.83. The molecule has 0 fully saturated rings. The molecule has 0 heterocycles. The lowest BCUT2D eigenvalue weighted by Crippen LogP contribution is -2.51.